The van der Waals surface area contributed by atoms with E-state index in [1.54, 1.807) is 6.08 Å². The zero-order valence-corrected chi connectivity index (χ0v) is 8.67. The first-order valence-electron chi connectivity index (χ1n) is 4.63. The van der Waals surface area contributed by atoms with E-state index in [-0.39, 0.29) is 17.9 Å². The zero-order valence-electron chi connectivity index (χ0n) is 8.67. The second-order valence-electron chi connectivity index (χ2n) is 3.18. The van der Waals surface area contributed by atoms with E-state index in [9.17, 15) is 4.79 Å². The summed E-state index contributed by atoms with van der Waals surface area (Å²) >= 11 is 0. The highest BCUT2D eigenvalue weighted by molar-refractivity contribution is 5.80. The van der Waals surface area contributed by atoms with Crippen molar-refractivity contribution in [1.82, 2.24) is 5.32 Å². The van der Waals surface area contributed by atoms with E-state index in [0.717, 1.165) is 0 Å². The molecule has 3 nitrogen and oxygen atoms in total. The van der Waals surface area contributed by atoms with Gasteiger partial charge in [0.05, 0.1) is 6.61 Å². The minimum atomic E-state index is -0.363. The van der Waals surface area contributed by atoms with Gasteiger partial charge >= 0.3 is 0 Å². The van der Waals surface area contributed by atoms with Gasteiger partial charge < -0.3 is 10.1 Å². The van der Waals surface area contributed by atoms with Gasteiger partial charge in [-0.25, -0.2) is 0 Å². The standard InChI is InChI=1S/C10H19NO2/c1-5-7-13-9(8(3)4)10(12)11-6-2/h5,8-9H,1,6-7H2,2-4H3,(H,11,12). The first-order valence-corrected chi connectivity index (χ1v) is 4.63. The molecule has 0 radical (unpaired) electrons. The lowest BCUT2D eigenvalue weighted by molar-refractivity contribution is -0.134. The molecule has 0 aromatic heterocycles. The maximum absolute atomic E-state index is 11.4. The van der Waals surface area contributed by atoms with Gasteiger partial charge in [0.1, 0.15) is 6.10 Å². The van der Waals surface area contributed by atoms with E-state index in [1.165, 1.54) is 0 Å². The van der Waals surface area contributed by atoms with E-state index < -0.39 is 0 Å². The van der Waals surface area contributed by atoms with Gasteiger partial charge in [-0.2, -0.15) is 0 Å². The molecule has 0 spiro atoms. The van der Waals surface area contributed by atoms with Crippen LogP contribution in [-0.2, 0) is 9.53 Å². The highest BCUT2D eigenvalue weighted by atomic mass is 16.5. The minimum Gasteiger partial charge on any atom is -0.364 e. The highest BCUT2D eigenvalue weighted by Crippen LogP contribution is 2.06. The van der Waals surface area contributed by atoms with Crippen molar-refractivity contribution >= 4 is 5.91 Å². The molecule has 0 saturated carbocycles. The van der Waals surface area contributed by atoms with Crippen molar-refractivity contribution in [2.75, 3.05) is 13.2 Å². The number of carbonyl (C=O) groups is 1. The Morgan fingerprint density at radius 3 is 2.62 bits per heavy atom. The topological polar surface area (TPSA) is 38.3 Å². The van der Waals surface area contributed by atoms with E-state index in [4.69, 9.17) is 4.74 Å². The molecule has 0 aromatic rings. The average molecular weight is 185 g/mol. The molecule has 1 unspecified atom stereocenters. The van der Waals surface area contributed by atoms with E-state index >= 15 is 0 Å². The second-order valence-corrected chi connectivity index (χ2v) is 3.18. The monoisotopic (exact) mass is 185 g/mol. The molecule has 1 N–H and O–H groups in total. The van der Waals surface area contributed by atoms with Crippen LogP contribution in [-0.4, -0.2) is 25.2 Å². The summed E-state index contributed by atoms with van der Waals surface area (Å²) in [5.41, 5.74) is 0. The van der Waals surface area contributed by atoms with Crippen molar-refractivity contribution in [3.63, 3.8) is 0 Å². The van der Waals surface area contributed by atoms with Gasteiger partial charge in [0.2, 0.25) is 5.91 Å². The smallest absolute Gasteiger partial charge is 0.249 e. The van der Waals surface area contributed by atoms with Crippen molar-refractivity contribution in [2.24, 2.45) is 5.92 Å². The Bertz CT molecular complexity index is 166. The molecule has 0 aliphatic carbocycles. The van der Waals surface area contributed by atoms with Crippen LogP contribution >= 0.6 is 0 Å². The van der Waals surface area contributed by atoms with Crippen LogP contribution < -0.4 is 5.32 Å². The Hall–Kier alpha value is -0.830. The molecule has 76 valence electrons. The van der Waals surface area contributed by atoms with Gasteiger partial charge in [-0.05, 0) is 12.8 Å². The van der Waals surface area contributed by atoms with Crippen LogP contribution in [0.25, 0.3) is 0 Å². The molecule has 0 aromatic carbocycles. The summed E-state index contributed by atoms with van der Waals surface area (Å²) < 4.78 is 5.34. The molecule has 0 saturated heterocycles. The highest BCUT2D eigenvalue weighted by Gasteiger charge is 2.21. The Morgan fingerprint density at radius 2 is 2.23 bits per heavy atom. The molecule has 0 rings (SSSR count). The lowest BCUT2D eigenvalue weighted by Crippen LogP contribution is -2.39. The van der Waals surface area contributed by atoms with Crippen LogP contribution in [0.2, 0.25) is 0 Å². The lowest BCUT2D eigenvalue weighted by atomic mass is 10.1. The summed E-state index contributed by atoms with van der Waals surface area (Å²) in [4.78, 5) is 11.4. The van der Waals surface area contributed by atoms with Gasteiger partial charge in [0.15, 0.2) is 0 Å². The molecule has 1 atom stereocenters. The third kappa shape index (κ3) is 4.68. The Kier molecular flexibility index (Phi) is 6.24. The quantitative estimate of drug-likeness (QED) is 0.634. The molecule has 1 amide bonds. The number of rotatable bonds is 6. The summed E-state index contributed by atoms with van der Waals surface area (Å²) in [6.45, 7) is 10.4. The molecule has 3 heteroatoms. The molecule has 0 bridgehead atoms. The van der Waals surface area contributed by atoms with Crippen molar-refractivity contribution in [3.05, 3.63) is 12.7 Å². The van der Waals surface area contributed by atoms with Gasteiger partial charge in [-0.1, -0.05) is 19.9 Å². The predicted molar refractivity (Wildman–Crippen MR) is 53.5 cm³/mol. The fourth-order valence-corrected chi connectivity index (χ4v) is 1.02. The summed E-state index contributed by atoms with van der Waals surface area (Å²) in [6, 6.07) is 0. The SMILES string of the molecule is C=CCOC(C(=O)NCC)C(C)C. The normalized spacial score (nSPS) is 12.6. The van der Waals surface area contributed by atoms with Crippen molar-refractivity contribution in [2.45, 2.75) is 26.9 Å². The van der Waals surface area contributed by atoms with Gasteiger partial charge in [0, 0.05) is 6.54 Å². The summed E-state index contributed by atoms with van der Waals surface area (Å²) in [6.07, 6.45) is 1.28. The minimum absolute atomic E-state index is 0.0423. The average Bonchev–Trinajstić information content (AvgIpc) is 2.05. The molecule has 0 aliphatic rings. The maximum atomic E-state index is 11.4. The number of carbonyl (C=O) groups excluding carboxylic acids is 1. The molecule has 13 heavy (non-hydrogen) atoms. The van der Waals surface area contributed by atoms with E-state index in [1.807, 2.05) is 20.8 Å². The molecule has 0 fully saturated rings. The van der Waals surface area contributed by atoms with Crippen LogP contribution in [0, 0.1) is 5.92 Å². The Balaban J connectivity index is 4.06. The van der Waals surface area contributed by atoms with Crippen molar-refractivity contribution < 1.29 is 9.53 Å². The molecular weight excluding hydrogens is 166 g/mol. The number of hydrogen-bond acceptors (Lipinski definition) is 2. The molecular formula is C10H19NO2. The number of ether oxygens (including phenoxy) is 1. The fraction of sp³-hybridized carbons (Fsp3) is 0.700. The summed E-state index contributed by atoms with van der Waals surface area (Å²) in [5.74, 6) is 0.144. The van der Waals surface area contributed by atoms with E-state index in [2.05, 4.69) is 11.9 Å². The number of likely N-dealkylation sites (N-methyl/N-ethyl adjacent to an activating group) is 1. The lowest BCUT2D eigenvalue weighted by Gasteiger charge is -2.19. The summed E-state index contributed by atoms with van der Waals surface area (Å²) in [5, 5.41) is 2.74. The third-order valence-electron chi connectivity index (χ3n) is 1.61. The van der Waals surface area contributed by atoms with Crippen molar-refractivity contribution in [3.8, 4) is 0 Å². The van der Waals surface area contributed by atoms with Gasteiger partial charge in [-0.3, -0.25) is 4.79 Å². The number of hydrogen-bond donors (Lipinski definition) is 1. The summed E-state index contributed by atoms with van der Waals surface area (Å²) in [7, 11) is 0. The van der Waals surface area contributed by atoms with Crippen LogP contribution in [0.1, 0.15) is 20.8 Å². The first kappa shape index (κ1) is 12.2. The Labute approximate surface area is 80.2 Å². The fourth-order valence-electron chi connectivity index (χ4n) is 1.02. The zero-order chi connectivity index (χ0) is 10.3. The van der Waals surface area contributed by atoms with Crippen LogP contribution in [0.15, 0.2) is 12.7 Å². The molecule has 0 aliphatic heterocycles. The first-order chi connectivity index (χ1) is 6.13. The van der Waals surface area contributed by atoms with E-state index in [0.29, 0.717) is 13.2 Å². The van der Waals surface area contributed by atoms with Crippen molar-refractivity contribution in [1.29, 1.82) is 0 Å². The number of amides is 1. The predicted octanol–water partition coefficient (Wildman–Crippen LogP) is 1.35. The van der Waals surface area contributed by atoms with Gasteiger partial charge in [0.25, 0.3) is 0 Å². The molecule has 0 heterocycles. The third-order valence-corrected chi connectivity index (χ3v) is 1.61. The largest absolute Gasteiger partial charge is 0.364 e. The number of nitrogens with one attached hydrogen (secondary N) is 1. The van der Waals surface area contributed by atoms with Crippen LogP contribution in [0.5, 0.6) is 0 Å². The Morgan fingerprint density at radius 1 is 1.62 bits per heavy atom. The van der Waals surface area contributed by atoms with Gasteiger partial charge in [-0.15, -0.1) is 6.58 Å². The van der Waals surface area contributed by atoms with Crippen LogP contribution in [0.4, 0.5) is 0 Å². The maximum Gasteiger partial charge on any atom is 0.249 e. The second kappa shape index (κ2) is 6.66. The van der Waals surface area contributed by atoms with Crippen LogP contribution in [0.3, 0.4) is 0 Å².